The van der Waals surface area contributed by atoms with E-state index < -0.39 is 19.5 Å². The first kappa shape index (κ1) is 24.7. The quantitative estimate of drug-likeness (QED) is 0.421. The van der Waals surface area contributed by atoms with Gasteiger partial charge in [0.2, 0.25) is 0 Å². The lowest BCUT2D eigenvalue weighted by Gasteiger charge is -2.46. The number of hydrogen-bond donors (Lipinski definition) is 1. The topological polar surface area (TPSA) is 47.9 Å². The molecule has 1 aliphatic carbocycles. The van der Waals surface area contributed by atoms with Crippen LogP contribution in [0.25, 0.3) is 0 Å². The monoisotopic (exact) mass is 446 g/mol. The Labute approximate surface area is 190 Å². The molecule has 1 fully saturated rings. The highest BCUT2D eigenvalue weighted by Gasteiger charge is 2.52. The molecule has 174 valence electrons. The van der Waals surface area contributed by atoms with Gasteiger partial charge in [-0.15, -0.1) is 0 Å². The van der Waals surface area contributed by atoms with Gasteiger partial charge in [0.15, 0.2) is 8.32 Å². The Balaban J connectivity index is 1.76. The summed E-state index contributed by atoms with van der Waals surface area (Å²) in [5.41, 5.74) is -0.239. The molecule has 1 spiro atoms. The molecule has 2 aliphatic rings. The van der Waals surface area contributed by atoms with Gasteiger partial charge in [-0.25, -0.2) is 0 Å². The maximum atomic E-state index is 11.7. The predicted molar refractivity (Wildman–Crippen MR) is 129 cm³/mol. The van der Waals surface area contributed by atoms with Crippen LogP contribution in [0.15, 0.2) is 42.5 Å². The van der Waals surface area contributed by atoms with Crippen molar-refractivity contribution in [2.75, 3.05) is 13.2 Å². The normalized spacial score (nSPS) is 29.1. The van der Waals surface area contributed by atoms with E-state index in [0.717, 1.165) is 25.7 Å². The van der Waals surface area contributed by atoms with E-state index in [1.165, 1.54) is 5.56 Å². The van der Waals surface area contributed by atoms with Crippen molar-refractivity contribution in [2.45, 2.75) is 95.4 Å². The number of hydrogen-bond acceptors (Lipinski definition) is 4. The molecule has 1 saturated carbocycles. The maximum Gasteiger partial charge on any atom is 0.192 e. The van der Waals surface area contributed by atoms with Crippen LogP contribution in [0.1, 0.15) is 58.9 Å². The van der Waals surface area contributed by atoms with Gasteiger partial charge in [-0.3, -0.25) is 0 Å². The van der Waals surface area contributed by atoms with Gasteiger partial charge in [-0.1, -0.05) is 63.3 Å². The first-order chi connectivity index (χ1) is 14.5. The van der Waals surface area contributed by atoms with Gasteiger partial charge >= 0.3 is 0 Å². The average molecular weight is 447 g/mol. The average Bonchev–Trinajstić information content (AvgIpc) is 3.08. The molecule has 1 N–H and O–H groups in total. The van der Waals surface area contributed by atoms with E-state index >= 15 is 0 Å². The van der Waals surface area contributed by atoms with Gasteiger partial charge in [-0.2, -0.15) is 0 Å². The number of aliphatic hydroxyl groups is 1. The van der Waals surface area contributed by atoms with Crippen molar-refractivity contribution in [3.63, 3.8) is 0 Å². The molecule has 0 bridgehead atoms. The molecule has 4 nitrogen and oxygen atoms in total. The summed E-state index contributed by atoms with van der Waals surface area (Å²) in [4.78, 5) is 0. The molecular weight excluding hydrogens is 404 g/mol. The van der Waals surface area contributed by atoms with Gasteiger partial charge in [-0.05, 0) is 56.3 Å². The minimum atomic E-state index is -1.97. The molecule has 1 aromatic rings. The fourth-order valence-electron chi connectivity index (χ4n) is 4.60. The van der Waals surface area contributed by atoms with E-state index in [0.29, 0.717) is 19.8 Å². The first-order valence-electron chi connectivity index (χ1n) is 11.8. The summed E-state index contributed by atoms with van der Waals surface area (Å²) >= 11 is 0. The second kappa shape index (κ2) is 9.48. The van der Waals surface area contributed by atoms with E-state index in [1.54, 1.807) is 0 Å². The van der Waals surface area contributed by atoms with Crippen molar-refractivity contribution < 1.29 is 19.0 Å². The lowest BCUT2D eigenvalue weighted by atomic mass is 9.73. The molecule has 0 saturated heterocycles. The summed E-state index contributed by atoms with van der Waals surface area (Å²) < 4.78 is 19.1. The van der Waals surface area contributed by atoms with Crippen molar-refractivity contribution in [1.82, 2.24) is 0 Å². The maximum absolute atomic E-state index is 11.7. The Hall–Kier alpha value is -0.983. The van der Waals surface area contributed by atoms with Gasteiger partial charge in [0.25, 0.3) is 0 Å². The lowest BCUT2D eigenvalue weighted by molar-refractivity contribution is -0.140. The van der Waals surface area contributed by atoms with Crippen LogP contribution in [-0.4, -0.2) is 43.9 Å². The smallest absolute Gasteiger partial charge is 0.192 e. The summed E-state index contributed by atoms with van der Waals surface area (Å²) in [5, 5.41) is 11.9. The van der Waals surface area contributed by atoms with Crippen molar-refractivity contribution in [3.05, 3.63) is 48.0 Å². The zero-order valence-corrected chi connectivity index (χ0v) is 21.3. The zero-order chi connectivity index (χ0) is 22.8. The first-order valence-corrected chi connectivity index (χ1v) is 14.7. The standard InChI is InChI=1S/C26H42O4Si/c1-24(2,3)31(5,6)30-20-25(4,27)23-18-22(28-19-21-12-8-7-9-13-21)14-10-15-26(23)16-11-17-29-26/h7-9,11-13,16,22-23,27H,10,14-15,17-20H2,1-6H3/t22-,23+,25?,26-/m0/s1. The molecule has 0 aromatic heterocycles. The van der Waals surface area contributed by atoms with E-state index in [4.69, 9.17) is 13.9 Å². The van der Waals surface area contributed by atoms with Gasteiger partial charge in [0, 0.05) is 5.92 Å². The third-order valence-electron chi connectivity index (χ3n) is 7.64. The third-order valence-corrected chi connectivity index (χ3v) is 12.1. The molecule has 1 aromatic carbocycles. The second-order valence-electron chi connectivity index (χ2n) is 11.2. The van der Waals surface area contributed by atoms with Crippen molar-refractivity contribution in [3.8, 4) is 0 Å². The van der Waals surface area contributed by atoms with Crippen LogP contribution >= 0.6 is 0 Å². The molecule has 31 heavy (non-hydrogen) atoms. The van der Waals surface area contributed by atoms with Crippen molar-refractivity contribution in [1.29, 1.82) is 0 Å². The van der Waals surface area contributed by atoms with Gasteiger partial charge in [0.1, 0.15) is 0 Å². The van der Waals surface area contributed by atoms with Crippen LogP contribution < -0.4 is 0 Å². The molecule has 1 aliphatic heterocycles. The SMILES string of the molecule is CC(O)(CO[Si](C)(C)C(C)(C)C)[C@H]1C[C@@H](OCc2ccccc2)CCC[C@]12C=CCO2. The molecule has 5 heteroatoms. The van der Waals surface area contributed by atoms with E-state index in [9.17, 15) is 5.11 Å². The molecule has 0 amide bonds. The second-order valence-corrected chi connectivity index (χ2v) is 16.0. The number of ether oxygens (including phenoxy) is 2. The summed E-state index contributed by atoms with van der Waals surface area (Å²) in [7, 11) is -1.97. The van der Waals surface area contributed by atoms with Crippen molar-refractivity contribution >= 4 is 8.32 Å². The largest absolute Gasteiger partial charge is 0.414 e. The summed E-state index contributed by atoms with van der Waals surface area (Å²) in [5.74, 6) is -0.0770. The van der Waals surface area contributed by atoms with Crippen LogP contribution in [-0.2, 0) is 20.5 Å². The molecule has 3 rings (SSSR count). The Morgan fingerprint density at radius 1 is 1.16 bits per heavy atom. The summed E-state index contributed by atoms with van der Waals surface area (Å²) in [6.07, 6.45) is 8.09. The molecule has 1 heterocycles. The molecule has 0 radical (unpaired) electrons. The third kappa shape index (κ3) is 5.88. The van der Waals surface area contributed by atoms with E-state index in [-0.39, 0.29) is 17.1 Å². The fourth-order valence-corrected chi connectivity index (χ4v) is 5.68. The Morgan fingerprint density at radius 2 is 1.87 bits per heavy atom. The van der Waals surface area contributed by atoms with Crippen LogP contribution in [0.3, 0.4) is 0 Å². The zero-order valence-electron chi connectivity index (χ0n) is 20.3. The van der Waals surface area contributed by atoms with E-state index in [2.05, 4.69) is 58.2 Å². The van der Waals surface area contributed by atoms with Crippen LogP contribution in [0.5, 0.6) is 0 Å². The number of rotatable bonds is 7. The van der Waals surface area contributed by atoms with Crippen LogP contribution in [0.4, 0.5) is 0 Å². The lowest BCUT2D eigenvalue weighted by Crippen LogP contribution is -2.55. The highest BCUT2D eigenvalue weighted by molar-refractivity contribution is 6.74. The Morgan fingerprint density at radius 3 is 2.48 bits per heavy atom. The van der Waals surface area contributed by atoms with E-state index in [1.807, 2.05) is 25.1 Å². The molecule has 1 unspecified atom stereocenters. The fraction of sp³-hybridized carbons (Fsp3) is 0.692. The Kier molecular flexibility index (Phi) is 7.54. The minimum Gasteiger partial charge on any atom is -0.414 e. The van der Waals surface area contributed by atoms with Gasteiger partial charge in [0.05, 0.1) is 37.1 Å². The van der Waals surface area contributed by atoms with Crippen LogP contribution in [0.2, 0.25) is 18.1 Å². The molecular formula is C26H42O4Si. The van der Waals surface area contributed by atoms with Crippen molar-refractivity contribution in [2.24, 2.45) is 5.92 Å². The minimum absolute atomic E-state index is 0.0770. The predicted octanol–water partition coefficient (Wildman–Crippen LogP) is 5.86. The van der Waals surface area contributed by atoms with Gasteiger partial charge < -0.3 is 19.0 Å². The number of benzene rings is 1. The Bertz CT molecular complexity index is 738. The highest BCUT2D eigenvalue weighted by Crippen LogP contribution is 2.46. The van der Waals surface area contributed by atoms with Crippen LogP contribution in [0, 0.1) is 5.92 Å². The summed E-state index contributed by atoms with van der Waals surface area (Å²) in [6.45, 7) is 14.7. The highest BCUT2D eigenvalue weighted by atomic mass is 28.4. The molecule has 4 atom stereocenters. The summed E-state index contributed by atoms with van der Waals surface area (Å²) in [6, 6.07) is 10.3.